The second-order valence-corrected chi connectivity index (χ2v) is 5.37. The number of methoxy groups -OCH3 is 1. The molecule has 3 heteroatoms. The predicted molar refractivity (Wildman–Crippen MR) is 77.3 cm³/mol. The molecule has 0 aliphatic rings. The molecule has 0 aliphatic carbocycles. The zero-order chi connectivity index (χ0) is 13.0. The average molecular weight is 261 g/mol. The van der Waals surface area contributed by atoms with E-state index in [2.05, 4.69) is 42.7 Å². The molecule has 1 atom stereocenters. The molecule has 0 amide bonds. The first-order chi connectivity index (χ1) is 8.70. The highest BCUT2D eigenvalue weighted by Crippen LogP contribution is 2.23. The molecule has 1 aromatic heterocycles. The van der Waals surface area contributed by atoms with E-state index in [0.29, 0.717) is 6.04 Å². The lowest BCUT2D eigenvalue weighted by Crippen LogP contribution is -2.17. The van der Waals surface area contributed by atoms with Crippen LogP contribution in [0.3, 0.4) is 0 Å². The first kappa shape index (κ1) is 13.1. The second kappa shape index (κ2) is 6.03. The van der Waals surface area contributed by atoms with Crippen LogP contribution in [0.4, 0.5) is 0 Å². The summed E-state index contributed by atoms with van der Waals surface area (Å²) in [6.45, 7) is 5.23. The number of ether oxygens (including phenoxy) is 1. The first-order valence-corrected chi connectivity index (χ1v) is 6.99. The van der Waals surface area contributed by atoms with E-state index >= 15 is 0 Å². The highest BCUT2D eigenvalue weighted by Gasteiger charge is 2.09. The topological polar surface area (TPSA) is 21.3 Å². The van der Waals surface area contributed by atoms with Gasteiger partial charge in [0.15, 0.2) is 0 Å². The van der Waals surface area contributed by atoms with E-state index in [1.165, 1.54) is 16.0 Å². The van der Waals surface area contributed by atoms with Crippen LogP contribution in [0.1, 0.15) is 29.0 Å². The monoisotopic (exact) mass is 261 g/mol. The number of thiophene rings is 1. The molecule has 1 heterocycles. The summed E-state index contributed by atoms with van der Waals surface area (Å²) in [5.74, 6) is 0.911. The molecule has 0 saturated carbocycles. The highest BCUT2D eigenvalue weighted by molar-refractivity contribution is 7.10. The fraction of sp³-hybridized carbons (Fsp3) is 0.333. The summed E-state index contributed by atoms with van der Waals surface area (Å²) in [4.78, 5) is 1.41. The molecule has 0 fully saturated rings. The van der Waals surface area contributed by atoms with Gasteiger partial charge in [0.1, 0.15) is 5.75 Å². The van der Waals surface area contributed by atoms with Crippen molar-refractivity contribution in [2.45, 2.75) is 26.4 Å². The molecule has 0 bridgehead atoms. The molecular weight excluding hydrogens is 242 g/mol. The summed E-state index contributed by atoms with van der Waals surface area (Å²) in [7, 11) is 1.70. The molecule has 2 aromatic rings. The Morgan fingerprint density at radius 1 is 1.33 bits per heavy atom. The van der Waals surface area contributed by atoms with Gasteiger partial charge in [-0.15, -0.1) is 11.3 Å². The van der Waals surface area contributed by atoms with Crippen LogP contribution in [0.25, 0.3) is 0 Å². The van der Waals surface area contributed by atoms with Gasteiger partial charge >= 0.3 is 0 Å². The Hall–Kier alpha value is -1.32. The van der Waals surface area contributed by atoms with Gasteiger partial charge in [-0.05, 0) is 48.6 Å². The van der Waals surface area contributed by atoms with E-state index in [4.69, 9.17) is 4.74 Å². The fourth-order valence-corrected chi connectivity index (χ4v) is 2.93. The standard InChI is InChI=1S/C15H19NOS/c1-11-7-8-18-15(11)12(2)16-10-13-5-4-6-14(9-13)17-3/h4-9,12,16H,10H2,1-3H3. The number of aryl methyl sites for hydroxylation is 1. The number of hydrogen-bond acceptors (Lipinski definition) is 3. The first-order valence-electron chi connectivity index (χ1n) is 6.11. The molecule has 18 heavy (non-hydrogen) atoms. The number of benzene rings is 1. The maximum Gasteiger partial charge on any atom is 0.119 e. The zero-order valence-corrected chi connectivity index (χ0v) is 11.9. The SMILES string of the molecule is COc1cccc(CNC(C)c2sccc2C)c1. The van der Waals surface area contributed by atoms with Crippen molar-refractivity contribution in [2.75, 3.05) is 7.11 Å². The van der Waals surface area contributed by atoms with E-state index in [-0.39, 0.29) is 0 Å². The summed E-state index contributed by atoms with van der Waals surface area (Å²) >= 11 is 1.81. The summed E-state index contributed by atoms with van der Waals surface area (Å²) in [5, 5.41) is 5.70. The van der Waals surface area contributed by atoms with E-state index in [0.717, 1.165) is 12.3 Å². The van der Waals surface area contributed by atoms with E-state index in [9.17, 15) is 0 Å². The quantitative estimate of drug-likeness (QED) is 0.881. The van der Waals surface area contributed by atoms with Crippen LogP contribution in [0.15, 0.2) is 35.7 Å². The Morgan fingerprint density at radius 2 is 2.17 bits per heavy atom. The molecule has 1 N–H and O–H groups in total. The molecule has 2 rings (SSSR count). The predicted octanol–water partition coefficient (Wildman–Crippen LogP) is 3.92. The average Bonchev–Trinajstić information content (AvgIpc) is 2.82. The lowest BCUT2D eigenvalue weighted by Gasteiger charge is -2.14. The number of rotatable bonds is 5. The zero-order valence-electron chi connectivity index (χ0n) is 11.1. The molecular formula is C15H19NOS. The van der Waals surface area contributed by atoms with Crippen LogP contribution in [-0.2, 0) is 6.54 Å². The van der Waals surface area contributed by atoms with Gasteiger partial charge in [-0.3, -0.25) is 0 Å². The lowest BCUT2D eigenvalue weighted by molar-refractivity contribution is 0.414. The molecule has 2 nitrogen and oxygen atoms in total. The van der Waals surface area contributed by atoms with E-state index in [1.807, 2.05) is 23.5 Å². The van der Waals surface area contributed by atoms with Crippen molar-refractivity contribution in [3.8, 4) is 5.75 Å². The van der Waals surface area contributed by atoms with Crippen molar-refractivity contribution < 1.29 is 4.74 Å². The van der Waals surface area contributed by atoms with Gasteiger partial charge in [-0.2, -0.15) is 0 Å². The third kappa shape index (κ3) is 3.12. The van der Waals surface area contributed by atoms with Crippen molar-refractivity contribution in [2.24, 2.45) is 0 Å². The maximum atomic E-state index is 5.23. The largest absolute Gasteiger partial charge is 0.497 e. The second-order valence-electron chi connectivity index (χ2n) is 4.42. The van der Waals surface area contributed by atoms with Crippen LogP contribution < -0.4 is 10.1 Å². The number of hydrogen-bond donors (Lipinski definition) is 1. The van der Waals surface area contributed by atoms with Crippen LogP contribution in [0.2, 0.25) is 0 Å². The third-order valence-electron chi connectivity index (χ3n) is 3.04. The minimum absolute atomic E-state index is 0.385. The summed E-state index contributed by atoms with van der Waals surface area (Å²) < 4.78 is 5.23. The van der Waals surface area contributed by atoms with Crippen LogP contribution in [0, 0.1) is 6.92 Å². The van der Waals surface area contributed by atoms with Gasteiger partial charge in [-0.25, -0.2) is 0 Å². The van der Waals surface area contributed by atoms with E-state index in [1.54, 1.807) is 7.11 Å². The number of nitrogens with one attached hydrogen (secondary N) is 1. The fourth-order valence-electron chi connectivity index (χ4n) is 1.97. The minimum Gasteiger partial charge on any atom is -0.497 e. The minimum atomic E-state index is 0.385. The normalized spacial score (nSPS) is 12.4. The Labute approximate surface area is 113 Å². The molecule has 1 unspecified atom stereocenters. The Bertz CT molecular complexity index is 507. The molecule has 0 spiro atoms. The van der Waals surface area contributed by atoms with Crippen molar-refractivity contribution in [1.82, 2.24) is 5.32 Å². The van der Waals surface area contributed by atoms with Gasteiger partial charge < -0.3 is 10.1 Å². The van der Waals surface area contributed by atoms with Crippen LogP contribution in [0.5, 0.6) is 5.75 Å². The van der Waals surface area contributed by atoms with Crippen molar-refractivity contribution in [3.63, 3.8) is 0 Å². The maximum absolute atomic E-state index is 5.23. The summed E-state index contributed by atoms with van der Waals surface area (Å²) in [6.07, 6.45) is 0. The van der Waals surface area contributed by atoms with Gasteiger partial charge in [0.25, 0.3) is 0 Å². The van der Waals surface area contributed by atoms with Gasteiger partial charge in [0.05, 0.1) is 7.11 Å². The van der Waals surface area contributed by atoms with Crippen molar-refractivity contribution in [1.29, 1.82) is 0 Å². The van der Waals surface area contributed by atoms with Gasteiger partial charge in [-0.1, -0.05) is 12.1 Å². The highest BCUT2D eigenvalue weighted by atomic mass is 32.1. The van der Waals surface area contributed by atoms with Crippen LogP contribution in [-0.4, -0.2) is 7.11 Å². The molecule has 0 aliphatic heterocycles. The van der Waals surface area contributed by atoms with Gasteiger partial charge in [0.2, 0.25) is 0 Å². The lowest BCUT2D eigenvalue weighted by atomic mass is 10.1. The summed E-state index contributed by atoms with van der Waals surface area (Å²) in [6, 6.07) is 10.7. The van der Waals surface area contributed by atoms with E-state index < -0.39 is 0 Å². The van der Waals surface area contributed by atoms with Crippen LogP contribution >= 0.6 is 11.3 Å². The third-order valence-corrected chi connectivity index (χ3v) is 4.24. The smallest absolute Gasteiger partial charge is 0.119 e. The Balaban J connectivity index is 1.97. The molecule has 1 aromatic carbocycles. The summed E-state index contributed by atoms with van der Waals surface area (Å²) in [5.41, 5.74) is 2.61. The molecule has 0 radical (unpaired) electrons. The van der Waals surface area contributed by atoms with Crippen molar-refractivity contribution >= 4 is 11.3 Å². The Kier molecular flexibility index (Phi) is 4.39. The van der Waals surface area contributed by atoms with Gasteiger partial charge in [0, 0.05) is 17.5 Å². The molecule has 96 valence electrons. The Morgan fingerprint density at radius 3 is 2.83 bits per heavy atom. The van der Waals surface area contributed by atoms with Crippen molar-refractivity contribution in [3.05, 3.63) is 51.7 Å². The molecule has 0 saturated heterocycles.